The first-order chi connectivity index (χ1) is 10.8. The second-order valence-electron chi connectivity index (χ2n) is 6.18. The molecule has 1 aromatic heterocycles. The lowest BCUT2D eigenvalue weighted by molar-refractivity contribution is 0.0995. The molecule has 0 fully saturated rings. The van der Waals surface area contributed by atoms with Crippen molar-refractivity contribution in [1.82, 2.24) is 9.78 Å². The highest BCUT2D eigenvalue weighted by molar-refractivity contribution is 6.04. The molecule has 0 saturated heterocycles. The standard InChI is InChI=1S/C16H17N5O2/c1-16(2,3)13(9-18)21-12-8-10(23-7-6-17)4-5-11(12)14(20-21)15(19)22/h4-5,8,13H,7H2,1-3H3,(H2,19,22). The molecule has 1 atom stereocenters. The number of amides is 1. The molecule has 0 bridgehead atoms. The molecule has 1 aromatic carbocycles. The highest BCUT2D eigenvalue weighted by Gasteiger charge is 2.30. The fourth-order valence-corrected chi connectivity index (χ4v) is 2.32. The summed E-state index contributed by atoms with van der Waals surface area (Å²) in [6.07, 6.45) is 0. The number of carbonyl (C=O) groups excluding carboxylic acids is 1. The number of hydrogen-bond acceptors (Lipinski definition) is 5. The summed E-state index contributed by atoms with van der Waals surface area (Å²) in [6, 6.07) is 8.46. The molecule has 7 heteroatoms. The number of carbonyl (C=O) groups is 1. The minimum atomic E-state index is -0.662. The second-order valence-corrected chi connectivity index (χ2v) is 6.18. The average molecular weight is 311 g/mol. The van der Waals surface area contributed by atoms with Crippen molar-refractivity contribution in [1.29, 1.82) is 10.5 Å². The van der Waals surface area contributed by atoms with E-state index in [-0.39, 0.29) is 12.3 Å². The molecule has 0 radical (unpaired) electrons. The average Bonchev–Trinajstić information content (AvgIpc) is 2.83. The minimum absolute atomic E-state index is 0.0940. The molecular weight excluding hydrogens is 294 g/mol. The quantitative estimate of drug-likeness (QED) is 0.928. The third kappa shape index (κ3) is 3.09. The molecule has 118 valence electrons. The number of fused-ring (bicyclic) bond motifs is 1. The van der Waals surface area contributed by atoms with Gasteiger partial charge in [-0.05, 0) is 17.5 Å². The van der Waals surface area contributed by atoms with E-state index in [0.29, 0.717) is 16.7 Å². The summed E-state index contributed by atoms with van der Waals surface area (Å²) in [5.74, 6) is -0.202. The van der Waals surface area contributed by atoms with Crippen molar-refractivity contribution in [2.75, 3.05) is 6.61 Å². The van der Waals surface area contributed by atoms with Crippen LogP contribution in [0.4, 0.5) is 0 Å². The molecule has 0 aliphatic heterocycles. The SMILES string of the molecule is CC(C)(C)C(C#N)n1nc(C(N)=O)c2ccc(OCC#N)cc21. The van der Waals surface area contributed by atoms with Gasteiger partial charge in [0.1, 0.15) is 17.9 Å². The lowest BCUT2D eigenvalue weighted by Gasteiger charge is -2.25. The monoisotopic (exact) mass is 311 g/mol. The van der Waals surface area contributed by atoms with Crippen molar-refractivity contribution in [2.45, 2.75) is 26.8 Å². The molecule has 7 nitrogen and oxygen atoms in total. The van der Waals surface area contributed by atoms with Gasteiger partial charge in [-0.25, -0.2) is 4.68 Å². The van der Waals surface area contributed by atoms with Gasteiger partial charge in [-0.3, -0.25) is 4.79 Å². The minimum Gasteiger partial charge on any atom is -0.479 e. The zero-order valence-electron chi connectivity index (χ0n) is 13.2. The van der Waals surface area contributed by atoms with Gasteiger partial charge in [-0.2, -0.15) is 15.6 Å². The first-order valence-corrected chi connectivity index (χ1v) is 7.01. The molecular formula is C16H17N5O2. The van der Waals surface area contributed by atoms with Crippen LogP contribution in [0, 0.1) is 28.1 Å². The van der Waals surface area contributed by atoms with Gasteiger partial charge in [0.2, 0.25) is 0 Å². The van der Waals surface area contributed by atoms with E-state index in [4.69, 9.17) is 15.7 Å². The number of aromatic nitrogens is 2. The maximum atomic E-state index is 11.6. The highest BCUT2D eigenvalue weighted by atomic mass is 16.5. The molecule has 1 unspecified atom stereocenters. The molecule has 1 amide bonds. The van der Waals surface area contributed by atoms with Crippen LogP contribution in [0.15, 0.2) is 18.2 Å². The van der Waals surface area contributed by atoms with Crippen LogP contribution in [0.25, 0.3) is 10.9 Å². The van der Waals surface area contributed by atoms with Gasteiger partial charge in [0.15, 0.2) is 12.3 Å². The van der Waals surface area contributed by atoms with Crippen LogP contribution in [0.1, 0.15) is 37.3 Å². The van der Waals surface area contributed by atoms with Crippen LogP contribution in [0.5, 0.6) is 5.75 Å². The van der Waals surface area contributed by atoms with Crippen molar-refractivity contribution in [2.24, 2.45) is 11.1 Å². The van der Waals surface area contributed by atoms with Crippen LogP contribution in [0.2, 0.25) is 0 Å². The van der Waals surface area contributed by atoms with Crippen LogP contribution in [0.3, 0.4) is 0 Å². The maximum Gasteiger partial charge on any atom is 0.269 e. The van der Waals surface area contributed by atoms with E-state index in [9.17, 15) is 10.1 Å². The summed E-state index contributed by atoms with van der Waals surface area (Å²) < 4.78 is 6.78. The topological polar surface area (TPSA) is 118 Å². The Morgan fingerprint density at radius 3 is 2.65 bits per heavy atom. The van der Waals surface area contributed by atoms with Gasteiger partial charge in [-0.1, -0.05) is 20.8 Å². The van der Waals surface area contributed by atoms with Crippen molar-refractivity contribution < 1.29 is 9.53 Å². The highest BCUT2D eigenvalue weighted by Crippen LogP contribution is 2.34. The third-order valence-corrected chi connectivity index (χ3v) is 3.40. The molecule has 0 aliphatic rings. The van der Waals surface area contributed by atoms with Crippen molar-refractivity contribution in [3.63, 3.8) is 0 Å². The second kappa shape index (κ2) is 5.98. The number of primary amides is 1. The van der Waals surface area contributed by atoms with Gasteiger partial charge in [0.25, 0.3) is 5.91 Å². The first-order valence-electron chi connectivity index (χ1n) is 7.01. The lowest BCUT2D eigenvalue weighted by atomic mass is 9.88. The molecule has 2 aromatic rings. The zero-order chi connectivity index (χ0) is 17.2. The van der Waals surface area contributed by atoms with E-state index in [0.717, 1.165) is 0 Å². The summed E-state index contributed by atoms with van der Waals surface area (Å²) in [5.41, 5.74) is 5.67. The number of nitrogens with two attached hydrogens (primary N) is 1. The third-order valence-electron chi connectivity index (χ3n) is 3.40. The zero-order valence-corrected chi connectivity index (χ0v) is 13.2. The number of benzene rings is 1. The Balaban J connectivity index is 2.70. The molecule has 0 saturated carbocycles. The summed E-state index contributed by atoms with van der Waals surface area (Å²) in [4.78, 5) is 11.6. The summed E-state index contributed by atoms with van der Waals surface area (Å²) in [6.45, 7) is 5.64. The maximum absolute atomic E-state index is 11.6. The predicted octanol–water partition coefficient (Wildman–Crippen LogP) is 2.15. The summed E-state index contributed by atoms with van der Waals surface area (Å²) in [5, 5.41) is 22.9. The van der Waals surface area contributed by atoms with E-state index in [1.807, 2.05) is 26.8 Å². The van der Waals surface area contributed by atoms with Gasteiger partial charge < -0.3 is 10.5 Å². The molecule has 0 aliphatic carbocycles. The number of ether oxygens (including phenoxy) is 1. The van der Waals surface area contributed by atoms with Gasteiger partial charge >= 0.3 is 0 Å². The van der Waals surface area contributed by atoms with E-state index < -0.39 is 17.4 Å². The Morgan fingerprint density at radius 2 is 2.13 bits per heavy atom. The summed E-state index contributed by atoms with van der Waals surface area (Å²) >= 11 is 0. The fourth-order valence-electron chi connectivity index (χ4n) is 2.32. The Morgan fingerprint density at radius 1 is 1.43 bits per heavy atom. The molecule has 23 heavy (non-hydrogen) atoms. The predicted molar refractivity (Wildman–Crippen MR) is 83.5 cm³/mol. The first kappa shape index (κ1) is 16.3. The van der Waals surface area contributed by atoms with E-state index in [2.05, 4.69) is 11.2 Å². The van der Waals surface area contributed by atoms with Crippen LogP contribution in [-0.2, 0) is 0 Å². The molecule has 2 rings (SSSR count). The van der Waals surface area contributed by atoms with Gasteiger partial charge in [0.05, 0.1) is 11.6 Å². The number of hydrogen-bond donors (Lipinski definition) is 1. The van der Waals surface area contributed by atoms with Crippen molar-refractivity contribution >= 4 is 16.8 Å². The largest absolute Gasteiger partial charge is 0.479 e. The Bertz CT molecular complexity index is 833. The smallest absolute Gasteiger partial charge is 0.269 e. The van der Waals surface area contributed by atoms with E-state index >= 15 is 0 Å². The lowest BCUT2D eigenvalue weighted by Crippen LogP contribution is -2.24. The normalized spacial score (nSPS) is 12.4. The van der Waals surface area contributed by atoms with Crippen LogP contribution >= 0.6 is 0 Å². The molecule has 0 spiro atoms. The van der Waals surface area contributed by atoms with Crippen molar-refractivity contribution in [3.05, 3.63) is 23.9 Å². The number of rotatable bonds is 4. The number of nitriles is 2. The number of nitrogens with zero attached hydrogens (tertiary/aromatic N) is 4. The van der Waals surface area contributed by atoms with E-state index in [1.165, 1.54) is 4.68 Å². The Hall–Kier alpha value is -3.06. The van der Waals surface area contributed by atoms with E-state index in [1.54, 1.807) is 18.2 Å². The Labute approximate surface area is 133 Å². The van der Waals surface area contributed by atoms with Gasteiger partial charge in [-0.15, -0.1) is 0 Å². The Kier molecular flexibility index (Phi) is 4.24. The molecule has 1 heterocycles. The van der Waals surface area contributed by atoms with Crippen LogP contribution < -0.4 is 10.5 Å². The summed E-state index contributed by atoms with van der Waals surface area (Å²) in [7, 11) is 0. The fraction of sp³-hybridized carbons (Fsp3) is 0.375. The van der Waals surface area contributed by atoms with Crippen molar-refractivity contribution in [3.8, 4) is 17.9 Å². The van der Waals surface area contributed by atoms with Crippen LogP contribution in [-0.4, -0.2) is 22.3 Å². The van der Waals surface area contributed by atoms with Gasteiger partial charge in [0, 0.05) is 11.5 Å². The molecule has 2 N–H and O–H groups in total.